The monoisotopic (exact) mass is 686 g/mol. The summed E-state index contributed by atoms with van der Waals surface area (Å²) in [5.74, 6) is 0.108. The predicted molar refractivity (Wildman–Crippen MR) is 180 cm³/mol. The van der Waals surface area contributed by atoms with Crippen molar-refractivity contribution in [2.24, 2.45) is 34.6 Å². The number of Topliss-reactive ketones (excluding diaryl/α,β-unsaturated/α-hetero) is 1. The predicted octanol–water partition coefficient (Wildman–Crippen LogP) is 3.96. The molecule has 0 aromatic carbocycles. The number of hydrogen-bond acceptors (Lipinski definition) is 16. The number of nitrogen functional groups attached to an aromatic ring is 2. The van der Waals surface area contributed by atoms with Gasteiger partial charge in [0.15, 0.2) is 52.1 Å². The van der Waals surface area contributed by atoms with Crippen molar-refractivity contribution in [2.75, 3.05) is 25.2 Å². The number of hydrogen-bond donors (Lipinski definition) is 3. The van der Waals surface area contributed by atoms with Gasteiger partial charge >= 0.3 is 5.97 Å². The van der Waals surface area contributed by atoms with Crippen molar-refractivity contribution in [3.63, 3.8) is 0 Å². The number of aromatic nitrogens is 10. The van der Waals surface area contributed by atoms with Crippen molar-refractivity contribution in [2.45, 2.75) is 52.4 Å². The summed E-state index contributed by atoms with van der Waals surface area (Å²) in [5.41, 5.74) is 15.2. The summed E-state index contributed by atoms with van der Waals surface area (Å²) in [6.45, 7) is 3.41. The van der Waals surface area contributed by atoms with Crippen molar-refractivity contribution in [1.29, 1.82) is 0 Å². The van der Waals surface area contributed by atoms with E-state index in [0.717, 1.165) is 25.7 Å². The highest BCUT2D eigenvalue weighted by atomic mass is 16.5. The highest BCUT2D eigenvalue weighted by molar-refractivity contribution is 6.00. The van der Waals surface area contributed by atoms with Gasteiger partial charge in [-0.25, -0.2) is 24.1 Å². The Labute approximate surface area is 285 Å². The van der Waals surface area contributed by atoms with Gasteiger partial charge in [0.05, 0.1) is 36.5 Å². The third-order valence-corrected chi connectivity index (χ3v) is 7.69. The van der Waals surface area contributed by atoms with Crippen LogP contribution in [0.3, 0.4) is 0 Å². The SMILES string of the molecule is CCCCc1nn(-c2cc(-n3nc(CCCC)c(/N=N/c4c(C(=O)OC)cnn4C)c3N)ncn2)c(N)c1/N=N/c1c(C(=O)CO)cnn1C. The van der Waals surface area contributed by atoms with Crippen LogP contribution in [0, 0.1) is 0 Å². The molecule has 5 rings (SSSR count). The molecule has 0 bridgehead atoms. The molecule has 0 saturated heterocycles. The molecule has 0 aliphatic carbocycles. The van der Waals surface area contributed by atoms with Crippen LogP contribution in [0.2, 0.25) is 0 Å². The van der Waals surface area contributed by atoms with Gasteiger partial charge in [0.2, 0.25) is 0 Å². The maximum atomic E-state index is 12.2. The second-order valence-electron chi connectivity index (χ2n) is 11.1. The molecule has 0 atom stereocenters. The molecule has 5 aromatic heterocycles. The van der Waals surface area contributed by atoms with E-state index in [1.165, 1.54) is 44.6 Å². The van der Waals surface area contributed by atoms with Crippen LogP contribution >= 0.6 is 0 Å². The van der Waals surface area contributed by atoms with Gasteiger partial charge in [-0.1, -0.05) is 26.7 Å². The quantitative estimate of drug-likeness (QED) is 0.0803. The summed E-state index contributed by atoms with van der Waals surface area (Å²) in [6.07, 6.45) is 8.49. The van der Waals surface area contributed by atoms with Gasteiger partial charge in [0.1, 0.15) is 18.5 Å². The largest absolute Gasteiger partial charge is 0.465 e. The van der Waals surface area contributed by atoms with Crippen LogP contribution in [-0.4, -0.2) is 79.7 Å². The smallest absolute Gasteiger partial charge is 0.343 e. The van der Waals surface area contributed by atoms with Crippen LogP contribution in [0.5, 0.6) is 0 Å². The highest BCUT2D eigenvalue weighted by Crippen LogP contribution is 2.35. The fraction of sp³-hybridized carbons (Fsp3) is 0.400. The molecule has 0 aliphatic rings. The zero-order valence-electron chi connectivity index (χ0n) is 28.3. The number of ether oxygens (including phenoxy) is 1. The fourth-order valence-electron chi connectivity index (χ4n) is 4.93. The second kappa shape index (κ2) is 15.4. The number of nitrogens with zero attached hydrogens (tertiary/aromatic N) is 14. The van der Waals surface area contributed by atoms with E-state index in [-0.39, 0.29) is 34.4 Å². The van der Waals surface area contributed by atoms with Crippen LogP contribution in [-0.2, 0) is 31.7 Å². The van der Waals surface area contributed by atoms with Crippen LogP contribution in [0.25, 0.3) is 11.6 Å². The lowest BCUT2D eigenvalue weighted by molar-refractivity contribution is 0.0601. The molecule has 0 spiro atoms. The third-order valence-electron chi connectivity index (χ3n) is 7.69. The van der Waals surface area contributed by atoms with Crippen molar-refractivity contribution in [3.8, 4) is 11.6 Å². The summed E-state index contributed by atoms with van der Waals surface area (Å²) in [5, 5.41) is 44.3. The first-order chi connectivity index (χ1) is 24.1. The van der Waals surface area contributed by atoms with Gasteiger partial charge < -0.3 is 21.3 Å². The molecule has 5 heterocycles. The Kier molecular flexibility index (Phi) is 10.8. The number of anilines is 2. The Balaban J connectivity index is 1.55. The zero-order valence-corrected chi connectivity index (χ0v) is 28.3. The first-order valence-corrected chi connectivity index (χ1v) is 15.8. The van der Waals surface area contributed by atoms with Crippen molar-refractivity contribution >= 4 is 46.4 Å². The number of carbonyl (C=O) groups is 2. The number of esters is 1. The maximum Gasteiger partial charge on any atom is 0.343 e. The van der Waals surface area contributed by atoms with Crippen molar-refractivity contribution in [3.05, 3.63) is 47.3 Å². The number of aryl methyl sites for hydroxylation is 4. The van der Waals surface area contributed by atoms with E-state index in [1.807, 2.05) is 6.92 Å². The number of nitrogens with two attached hydrogens (primary N) is 2. The third kappa shape index (κ3) is 6.99. The van der Waals surface area contributed by atoms with Gasteiger partial charge in [0, 0.05) is 20.2 Å². The van der Waals surface area contributed by atoms with Gasteiger partial charge in [-0.2, -0.15) is 29.8 Å². The first-order valence-electron chi connectivity index (χ1n) is 15.8. The lowest BCUT2D eigenvalue weighted by atomic mass is 10.2. The summed E-state index contributed by atoms with van der Waals surface area (Å²) < 4.78 is 10.5. The van der Waals surface area contributed by atoms with E-state index in [9.17, 15) is 14.7 Å². The zero-order chi connectivity index (χ0) is 35.9. The molecule has 262 valence electrons. The molecule has 20 heteroatoms. The Morgan fingerprint density at radius 3 is 1.74 bits per heavy atom. The highest BCUT2D eigenvalue weighted by Gasteiger charge is 2.23. The van der Waals surface area contributed by atoms with E-state index in [4.69, 9.17) is 26.4 Å². The number of unbranched alkanes of at least 4 members (excludes halogenated alkanes) is 2. The van der Waals surface area contributed by atoms with E-state index in [0.29, 0.717) is 47.2 Å². The fourth-order valence-corrected chi connectivity index (χ4v) is 4.93. The molecule has 0 amide bonds. The van der Waals surface area contributed by atoms with Crippen LogP contribution in [0.1, 0.15) is 71.6 Å². The molecule has 5 aromatic rings. The van der Waals surface area contributed by atoms with E-state index in [2.05, 4.69) is 47.5 Å². The van der Waals surface area contributed by atoms with Gasteiger partial charge in [-0.05, 0) is 25.7 Å². The molecule has 0 unspecified atom stereocenters. The molecule has 0 radical (unpaired) electrons. The molecular formula is C30H38N16O4. The van der Waals surface area contributed by atoms with E-state index in [1.54, 1.807) is 20.2 Å². The van der Waals surface area contributed by atoms with Gasteiger partial charge in [-0.3, -0.25) is 4.79 Å². The van der Waals surface area contributed by atoms with Gasteiger partial charge in [-0.15, -0.1) is 20.5 Å². The lowest BCUT2D eigenvalue weighted by Gasteiger charge is -2.06. The summed E-state index contributed by atoms with van der Waals surface area (Å²) in [4.78, 5) is 33.3. The first kappa shape index (κ1) is 35.1. The summed E-state index contributed by atoms with van der Waals surface area (Å²) >= 11 is 0. The molecule has 50 heavy (non-hydrogen) atoms. The topological polar surface area (TPSA) is 262 Å². The molecule has 20 nitrogen and oxygen atoms in total. The van der Waals surface area contributed by atoms with Gasteiger partial charge in [0.25, 0.3) is 0 Å². The number of aliphatic hydroxyl groups excluding tert-OH is 1. The molecule has 0 saturated carbocycles. The number of rotatable bonds is 15. The Hall–Kier alpha value is -6.18. The normalized spacial score (nSPS) is 11.7. The molecular weight excluding hydrogens is 648 g/mol. The minimum absolute atomic E-state index is 0.124. The van der Waals surface area contributed by atoms with E-state index >= 15 is 0 Å². The minimum Gasteiger partial charge on any atom is -0.465 e. The average molecular weight is 687 g/mol. The number of azo groups is 2. The average Bonchev–Trinajstić information content (AvgIpc) is 3.86. The van der Waals surface area contributed by atoms with Crippen molar-refractivity contribution in [1.82, 2.24) is 49.1 Å². The van der Waals surface area contributed by atoms with Crippen LogP contribution in [0.15, 0.2) is 45.2 Å². The standard InChI is InChI=1S/C30H38N16O4/c1-6-8-10-19-24(37-39-28-17(21(48)15-47)13-35-43(28)3)26(31)45(41-19)22-12-23(34-16-33-22)46-27(32)25(20(42-46)11-9-7-2)38-40-29-18(30(49)50-5)14-36-44(29)4/h12-14,16,47H,6-11,15,31-32H2,1-5H3/b39-37+,40-38+. The van der Waals surface area contributed by atoms with Crippen molar-refractivity contribution < 1.29 is 19.4 Å². The Morgan fingerprint density at radius 2 is 1.28 bits per heavy atom. The second-order valence-corrected chi connectivity index (χ2v) is 11.1. The number of methoxy groups -OCH3 is 1. The number of ketones is 1. The Bertz CT molecular complexity index is 1930. The van der Waals surface area contributed by atoms with Crippen LogP contribution < -0.4 is 11.5 Å². The van der Waals surface area contributed by atoms with Crippen LogP contribution in [0.4, 0.5) is 34.6 Å². The molecule has 0 fully saturated rings. The number of aliphatic hydroxyl groups is 1. The molecule has 5 N–H and O–H groups in total. The lowest BCUT2D eigenvalue weighted by Crippen LogP contribution is -2.09. The number of carbonyl (C=O) groups excluding carboxylic acids is 2. The van der Waals surface area contributed by atoms with E-state index < -0.39 is 18.4 Å². The molecule has 0 aliphatic heterocycles. The maximum absolute atomic E-state index is 12.2. The Morgan fingerprint density at radius 1 is 0.800 bits per heavy atom. The summed E-state index contributed by atoms with van der Waals surface area (Å²) in [6, 6.07) is 1.61. The minimum atomic E-state index is -0.696. The summed E-state index contributed by atoms with van der Waals surface area (Å²) in [7, 11) is 4.51.